The van der Waals surface area contributed by atoms with Crippen molar-refractivity contribution in [3.8, 4) is 0 Å². The van der Waals surface area contributed by atoms with Gasteiger partial charge in [0.2, 0.25) is 7.71 Å². The van der Waals surface area contributed by atoms with Gasteiger partial charge in [-0.15, -0.1) is 0 Å². The molecule has 0 spiro atoms. The summed E-state index contributed by atoms with van der Waals surface area (Å²) in [6.07, 6.45) is 1.55. The summed E-state index contributed by atoms with van der Waals surface area (Å²) in [5, 5.41) is 12.8. The predicted molar refractivity (Wildman–Crippen MR) is 69.4 cm³/mol. The van der Waals surface area contributed by atoms with Crippen molar-refractivity contribution in [1.29, 1.82) is 0 Å². The molecule has 0 N–H and O–H groups in total. The second kappa shape index (κ2) is 5.46. The minimum Gasteiger partial charge on any atom is -0.811 e. The van der Waals surface area contributed by atoms with Crippen LogP contribution in [0.5, 0.6) is 0 Å². The van der Waals surface area contributed by atoms with Crippen LogP contribution in [0.3, 0.4) is 0 Å². The normalized spacial score (nSPS) is 14.9. The maximum absolute atomic E-state index is 12.8. The van der Waals surface area contributed by atoms with E-state index in [-0.39, 0.29) is 0 Å². The highest BCUT2D eigenvalue weighted by Crippen LogP contribution is 2.71. The highest BCUT2D eigenvalue weighted by Gasteiger charge is 2.51. The Balaban J connectivity index is 3.22. The van der Waals surface area contributed by atoms with Crippen LogP contribution in [0.25, 0.3) is 0 Å². The lowest BCUT2D eigenvalue weighted by Crippen LogP contribution is -2.43. The molecule has 1 aromatic rings. The molecular weight excluding hydrogens is 237 g/mol. The summed E-state index contributed by atoms with van der Waals surface area (Å²) < 4.78 is 11.4. The van der Waals surface area contributed by atoms with Crippen molar-refractivity contribution in [2.24, 2.45) is 0 Å². The van der Waals surface area contributed by atoms with Crippen molar-refractivity contribution in [2.45, 2.75) is 5.85 Å². The Morgan fingerprint density at radius 2 is 1.53 bits per heavy atom. The molecule has 0 aliphatic heterocycles. The molecular formula is C11H22N3O2P. The van der Waals surface area contributed by atoms with E-state index < -0.39 is 13.6 Å². The van der Waals surface area contributed by atoms with Gasteiger partial charge < -0.3 is 9.52 Å². The second-order valence-corrected chi connectivity index (χ2v) is 8.62. The summed E-state index contributed by atoms with van der Waals surface area (Å²) >= 11 is 0. The number of nitrogens with zero attached hydrogens (tertiary/aromatic N) is 3. The zero-order valence-corrected chi connectivity index (χ0v) is 12.3. The van der Waals surface area contributed by atoms with Crippen LogP contribution in [-0.2, 0) is 0 Å². The van der Waals surface area contributed by atoms with Gasteiger partial charge in [-0.3, -0.25) is 0 Å². The molecule has 0 aliphatic rings. The summed E-state index contributed by atoms with van der Waals surface area (Å²) in [5.41, 5.74) is 0. The molecule has 0 bridgehead atoms. The van der Waals surface area contributed by atoms with E-state index in [0.29, 0.717) is 5.76 Å². The molecule has 0 amide bonds. The monoisotopic (exact) mass is 259 g/mol. The highest BCUT2D eigenvalue weighted by atomic mass is 31.2. The number of rotatable bonds is 5. The SMILES string of the molecule is CN(C)[P+](C([O-])c1ccco1)(N(C)C)N(C)C. The van der Waals surface area contributed by atoms with Gasteiger partial charge in [0.05, 0.1) is 6.26 Å². The van der Waals surface area contributed by atoms with E-state index in [1.165, 1.54) is 0 Å². The molecule has 1 atom stereocenters. The lowest BCUT2D eigenvalue weighted by atomic mass is 10.5. The van der Waals surface area contributed by atoms with Crippen LogP contribution in [-0.4, -0.2) is 56.3 Å². The van der Waals surface area contributed by atoms with Crippen LogP contribution in [0.15, 0.2) is 22.8 Å². The fourth-order valence-electron chi connectivity index (χ4n) is 2.31. The van der Waals surface area contributed by atoms with Gasteiger partial charge >= 0.3 is 0 Å². The van der Waals surface area contributed by atoms with Gasteiger partial charge in [-0.2, -0.15) is 14.0 Å². The second-order valence-electron chi connectivity index (χ2n) is 4.52. The van der Waals surface area contributed by atoms with E-state index in [9.17, 15) is 5.11 Å². The molecule has 98 valence electrons. The summed E-state index contributed by atoms with van der Waals surface area (Å²) in [4.78, 5) is 0. The van der Waals surface area contributed by atoms with Crippen LogP contribution < -0.4 is 5.11 Å². The number of hydrogen-bond acceptors (Lipinski definition) is 5. The zero-order valence-electron chi connectivity index (χ0n) is 11.4. The molecule has 1 aromatic heterocycles. The van der Waals surface area contributed by atoms with E-state index >= 15 is 0 Å². The van der Waals surface area contributed by atoms with Gasteiger partial charge in [-0.25, -0.2) is 0 Å². The largest absolute Gasteiger partial charge is 0.811 e. The number of furan rings is 1. The molecule has 0 radical (unpaired) electrons. The summed E-state index contributed by atoms with van der Waals surface area (Å²) in [6.45, 7) is 0. The fraction of sp³-hybridized carbons (Fsp3) is 0.636. The van der Waals surface area contributed by atoms with Crippen LogP contribution in [0, 0.1) is 0 Å². The lowest BCUT2D eigenvalue weighted by Gasteiger charge is -2.46. The maximum Gasteiger partial charge on any atom is 0.220 e. The van der Waals surface area contributed by atoms with Gasteiger partial charge in [0.25, 0.3) is 0 Å². The molecule has 0 aromatic carbocycles. The minimum absolute atomic E-state index is 0.495. The Labute approximate surface area is 104 Å². The average Bonchev–Trinajstić information content (AvgIpc) is 2.68. The molecule has 6 heteroatoms. The lowest BCUT2D eigenvalue weighted by molar-refractivity contribution is -0.401. The first-order chi connectivity index (χ1) is 7.85. The average molecular weight is 259 g/mol. The smallest absolute Gasteiger partial charge is 0.220 e. The van der Waals surface area contributed by atoms with E-state index in [1.807, 2.05) is 56.3 Å². The minimum atomic E-state index is -2.14. The quantitative estimate of drug-likeness (QED) is 0.741. The number of hydrogen-bond donors (Lipinski definition) is 0. The van der Waals surface area contributed by atoms with Crippen LogP contribution in [0.4, 0.5) is 0 Å². The topological polar surface area (TPSA) is 45.9 Å². The molecule has 0 aliphatic carbocycles. The Morgan fingerprint density at radius 1 is 1.06 bits per heavy atom. The molecule has 0 saturated carbocycles. The van der Waals surface area contributed by atoms with Gasteiger partial charge in [0.15, 0.2) is 0 Å². The molecule has 0 fully saturated rings. The standard InChI is InChI=1S/C11H22N3O2P/c1-12(2)17(13(3)4,14(5)6)11(15)10-8-7-9-16-10/h7-9,11H,1-6H3. The molecule has 5 nitrogen and oxygen atoms in total. The van der Waals surface area contributed by atoms with Crippen LogP contribution in [0.1, 0.15) is 11.6 Å². The first kappa shape index (κ1) is 14.6. The van der Waals surface area contributed by atoms with E-state index in [4.69, 9.17) is 4.42 Å². The van der Waals surface area contributed by atoms with E-state index in [0.717, 1.165) is 0 Å². The van der Waals surface area contributed by atoms with Crippen molar-refractivity contribution < 1.29 is 9.52 Å². The van der Waals surface area contributed by atoms with E-state index in [1.54, 1.807) is 18.4 Å². The van der Waals surface area contributed by atoms with Crippen molar-refractivity contribution in [2.75, 3.05) is 42.3 Å². The first-order valence-electron chi connectivity index (χ1n) is 5.46. The Bertz CT molecular complexity index is 317. The van der Waals surface area contributed by atoms with Crippen molar-refractivity contribution in [1.82, 2.24) is 14.0 Å². The van der Waals surface area contributed by atoms with Crippen molar-refractivity contribution >= 4 is 7.71 Å². The molecule has 1 unspecified atom stereocenters. The third-order valence-electron chi connectivity index (χ3n) is 2.87. The van der Waals surface area contributed by atoms with Crippen molar-refractivity contribution in [3.05, 3.63) is 24.2 Å². The van der Waals surface area contributed by atoms with Crippen LogP contribution in [0.2, 0.25) is 0 Å². The molecule has 17 heavy (non-hydrogen) atoms. The van der Waals surface area contributed by atoms with Crippen molar-refractivity contribution in [3.63, 3.8) is 0 Å². The molecule has 1 rings (SSSR count). The van der Waals surface area contributed by atoms with Crippen LogP contribution >= 0.6 is 7.71 Å². The van der Waals surface area contributed by atoms with Gasteiger partial charge in [-0.1, -0.05) is 0 Å². The Kier molecular flexibility index (Phi) is 4.69. The fourth-order valence-corrected chi connectivity index (χ4v) is 6.20. The van der Waals surface area contributed by atoms with Gasteiger partial charge in [0, 0.05) is 42.3 Å². The highest BCUT2D eigenvalue weighted by molar-refractivity contribution is 7.68. The third-order valence-corrected chi connectivity index (χ3v) is 7.28. The summed E-state index contributed by atoms with van der Waals surface area (Å²) in [7, 11) is 9.54. The predicted octanol–water partition coefficient (Wildman–Crippen LogP) is 1.09. The van der Waals surface area contributed by atoms with E-state index in [2.05, 4.69) is 0 Å². The summed E-state index contributed by atoms with van der Waals surface area (Å²) in [5.74, 6) is -0.410. The van der Waals surface area contributed by atoms with Gasteiger partial charge in [0.1, 0.15) is 11.6 Å². The first-order valence-corrected chi connectivity index (χ1v) is 7.18. The van der Waals surface area contributed by atoms with Gasteiger partial charge in [-0.05, 0) is 12.1 Å². The Morgan fingerprint density at radius 3 is 1.82 bits per heavy atom. The zero-order chi connectivity index (χ0) is 13.2. The molecule has 1 heterocycles. The molecule has 0 saturated heterocycles. The maximum atomic E-state index is 12.8. The Hall–Kier alpha value is -0.450. The third kappa shape index (κ3) is 2.39. The summed E-state index contributed by atoms with van der Waals surface area (Å²) in [6, 6.07) is 3.51.